The number of aryl methyl sites for hydroxylation is 1. The van der Waals surface area contributed by atoms with Crippen LogP contribution in [0.25, 0.3) is 0 Å². The minimum absolute atomic E-state index is 0.225. The third kappa shape index (κ3) is 4.03. The van der Waals surface area contributed by atoms with Gasteiger partial charge in [0, 0.05) is 30.1 Å². The molecule has 7 heteroatoms. The molecule has 0 N–H and O–H groups in total. The van der Waals surface area contributed by atoms with E-state index in [9.17, 15) is 0 Å². The zero-order valence-corrected chi connectivity index (χ0v) is 16.1. The minimum atomic E-state index is 0.225. The van der Waals surface area contributed by atoms with Crippen LogP contribution in [0, 0.1) is 6.92 Å². The number of hydrogen-bond acceptors (Lipinski definition) is 6. The Kier molecular flexibility index (Phi) is 5.54. The minimum Gasteiger partial charge on any atom is -0.364 e. The zero-order chi connectivity index (χ0) is 18.7. The summed E-state index contributed by atoms with van der Waals surface area (Å²) < 4.78 is 12.5. The van der Waals surface area contributed by atoms with E-state index in [-0.39, 0.29) is 11.8 Å². The quantitative estimate of drug-likeness (QED) is 0.600. The maximum Gasteiger partial charge on any atom is 0.227 e. The van der Waals surface area contributed by atoms with E-state index >= 15 is 0 Å². The summed E-state index contributed by atoms with van der Waals surface area (Å²) in [4.78, 5) is 9.10. The molecule has 7 nitrogen and oxygen atoms in total. The van der Waals surface area contributed by atoms with Gasteiger partial charge in [0.05, 0.1) is 18.2 Å². The fourth-order valence-corrected chi connectivity index (χ4v) is 3.10. The van der Waals surface area contributed by atoms with E-state index in [1.54, 1.807) is 12.5 Å². The van der Waals surface area contributed by atoms with Crippen molar-refractivity contribution in [3.05, 3.63) is 47.5 Å². The van der Waals surface area contributed by atoms with Gasteiger partial charge in [0.25, 0.3) is 0 Å². The highest BCUT2D eigenvalue weighted by Crippen LogP contribution is 2.23. The van der Waals surface area contributed by atoms with Crippen LogP contribution in [0.15, 0.2) is 27.8 Å². The lowest BCUT2D eigenvalue weighted by molar-refractivity contribution is 0.362. The summed E-state index contributed by atoms with van der Waals surface area (Å²) in [5.41, 5.74) is 3.44. The van der Waals surface area contributed by atoms with Crippen molar-refractivity contribution >= 4 is 0 Å². The van der Waals surface area contributed by atoms with Gasteiger partial charge < -0.3 is 13.6 Å². The highest BCUT2D eigenvalue weighted by molar-refractivity contribution is 5.15. The van der Waals surface area contributed by atoms with Gasteiger partial charge in [-0.05, 0) is 25.2 Å². The molecule has 3 aromatic heterocycles. The van der Waals surface area contributed by atoms with Crippen LogP contribution in [0.2, 0.25) is 0 Å². The molecule has 0 saturated carbocycles. The maximum absolute atomic E-state index is 5.43. The first-order valence-electron chi connectivity index (χ1n) is 9.19. The van der Waals surface area contributed by atoms with Crippen molar-refractivity contribution in [3.8, 4) is 0 Å². The summed E-state index contributed by atoms with van der Waals surface area (Å²) in [7, 11) is 0. The van der Waals surface area contributed by atoms with Crippen LogP contribution in [0.1, 0.15) is 80.5 Å². The highest BCUT2D eigenvalue weighted by atomic mass is 16.5. The molecule has 3 rings (SSSR count). The summed E-state index contributed by atoms with van der Waals surface area (Å²) in [5.74, 6) is 2.32. The predicted molar refractivity (Wildman–Crippen MR) is 97.0 cm³/mol. The molecular formula is C19H27N5O2. The standard InChI is InChI=1S/C19H27N5O2/c1-12(2)18-15(5)24(11-20-18)7-6-13(3)19-22-17(26-23-19)8-14(4)16-9-21-25-10-16/h9-14H,6-8H2,1-5H3. The second kappa shape index (κ2) is 7.85. The normalized spacial score (nSPS) is 14.1. The molecule has 3 heterocycles. The third-order valence-electron chi connectivity index (χ3n) is 4.91. The average Bonchev–Trinajstić information content (AvgIpc) is 3.33. The molecule has 26 heavy (non-hydrogen) atoms. The summed E-state index contributed by atoms with van der Waals surface area (Å²) >= 11 is 0. The molecule has 0 bridgehead atoms. The number of rotatable bonds is 8. The number of hydrogen-bond donors (Lipinski definition) is 0. The van der Waals surface area contributed by atoms with Gasteiger partial charge in [-0.15, -0.1) is 0 Å². The molecule has 2 atom stereocenters. The fourth-order valence-electron chi connectivity index (χ4n) is 3.10. The summed E-state index contributed by atoms with van der Waals surface area (Å²) in [6.45, 7) is 11.6. The van der Waals surface area contributed by atoms with Gasteiger partial charge >= 0.3 is 0 Å². The number of nitrogens with zero attached hydrogens (tertiary/aromatic N) is 5. The molecule has 3 aromatic rings. The Morgan fingerprint density at radius 1 is 1.15 bits per heavy atom. The molecule has 0 spiro atoms. The van der Waals surface area contributed by atoms with Gasteiger partial charge in [-0.2, -0.15) is 4.98 Å². The van der Waals surface area contributed by atoms with E-state index in [4.69, 9.17) is 9.05 Å². The lowest BCUT2D eigenvalue weighted by Gasteiger charge is -2.10. The topological polar surface area (TPSA) is 82.8 Å². The Morgan fingerprint density at radius 3 is 2.62 bits per heavy atom. The Bertz CT molecular complexity index is 819. The van der Waals surface area contributed by atoms with Crippen molar-refractivity contribution < 1.29 is 9.05 Å². The molecule has 2 unspecified atom stereocenters. The fraction of sp³-hybridized carbons (Fsp3) is 0.579. The highest BCUT2D eigenvalue weighted by Gasteiger charge is 2.18. The van der Waals surface area contributed by atoms with Crippen molar-refractivity contribution in [1.82, 2.24) is 24.8 Å². The van der Waals surface area contributed by atoms with Crippen LogP contribution in [0.3, 0.4) is 0 Å². The molecule has 140 valence electrons. The summed E-state index contributed by atoms with van der Waals surface area (Å²) in [5, 5.41) is 7.91. The molecule has 0 aliphatic carbocycles. The first kappa shape index (κ1) is 18.4. The molecule has 0 fully saturated rings. The summed E-state index contributed by atoms with van der Waals surface area (Å²) in [6.07, 6.45) is 6.93. The molecule has 0 aliphatic rings. The second-order valence-corrected chi connectivity index (χ2v) is 7.36. The van der Waals surface area contributed by atoms with Gasteiger partial charge in [0.15, 0.2) is 5.82 Å². The van der Waals surface area contributed by atoms with Crippen LogP contribution >= 0.6 is 0 Å². The molecule has 0 radical (unpaired) electrons. The van der Waals surface area contributed by atoms with Crippen molar-refractivity contribution in [2.75, 3.05) is 0 Å². The number of aromatic nitrogens is 5. The van der Waals surface area contributed by atoms with Gasteiger partial charge in [-0.1, -0.05) is 38.0 Å². The van der Waals surface area contributed by atoms with E-state index in [1.807, 2.05) is 6.33 Å². The SMILES string of the molecule is Cc1c(C(C)C)ncn1CCC(C)c1noc(CC(C)c2cnoc2)n1. The Hall–Kier alpha value is -2.44. The molecule has 0 aliphatic heterocycles. The van der Waals surface area contributed by atoms with Crippen LogP contribution in [0.5, 0.6) is 0 Å². The lowest BCUT2D eigenvalue weighted by atomic mass is 10.0. The Balaban J connectivity index is 1.57. The zero-order valence-electron chi connectivity index (χ0n) is 16.1. The van der Waals surface area contributed by atoms with E-state index < -0.39 is 0 Å². The van der Waals surface area contributed by atoms with E-state index in [1.165, 1.54) is 11.4 Å². The lowest BCUT2D eigenvalue weighted by Crippen LogP contribution is -2.06. The Morgan fingerprint density at radius 2 is 1.96 bits per heavy atom. The van der Waals surface area contributed by atoms with Crippen LogP contribution in [-0.2, 0) is 13.0 Å². The van der Waals surface area contributed by atoms with Crippen LogP contribution in [-0.4, -0.2) is 24.8 Å². The van der Waals surface area contributed by atoms with Crippen molar-refractivity contribution in [3.63, 3.8) is 0 Å². The largest absolute Gasteiger partial charge is 0.364 e. The average molecular weight is 357 g/mol. The molecule has 0 amide bonds. The van der Waals surface area contributed by atoms with Gasteiger partial charge in [0.1, 0.15) is 6.26 Å². The van der Waals surface area contributed by atoms with E-state index in [0.29, 0.717) is 18.2 Å². The predicted octanol–water partition coefficient (Wildman–Crippen LogP) is 4.23. The van der Waals surface area contributed by atoms with Gasteiger partial charge in [0.2, 0.25) is 5.89 Å². The van der Waals surface area contributed by atoms with Crippen LogP contribution < -0.4 is 0 Å². The molecule has 0 saturated heterocycles. The van der Waals surface area contributed by atoms with Crippen LogP contribution in [0.4, 0.5) is 0 Å². The number of imidazole rings is 1. The summed E-state index contributed by atoms with van der Waals surface area (Å²) in [6, 6.07) is 0. The smallest absolute Gasteiger partial charge is 0.227 e. The molecular weight excluding hydrogens is 330 g/mol. The van der Waals surface area contributed by atoms with Crippen molar-refractivity contribution in [2.45, 2.75) is 71.8 Å². The molecule has 0 aromatic carbocycles. The first-order chi connectivity index (χ1) is 12.5. The van der Waals surface area contributed by atoms with E-state index in [0.717, 1.165) is 24.4 Å². The maximum atomic E-state index is 5.43. The Labute approximate surface area is 153 Å². The van der Waals surface area contributed by atoms with E-state index in [2.05, 4.69) is 59.5 Å². The second-order valence-electron chi connectivity index (χ2n) is 7.36. The van der Waals surface area contributed by atoms with Crippen molar-refractivity contribution in [2.24, 2.45) is 0 Å². The van der Waals surface area contributed by atoms with Gasteiger partial charge in [-0.25, -0.2) is 4.98 Å². The monoisotopic (exact) mass is 357 g/mol. The van der Waals surface area contributed by atoms with Crippen molar-refractivity contribution in [1.29, 1.82) is 0 Å². The first-order valence-corrected chi connectivity index (χ1v) is 9.19. The third-order valence-corrected chi connectivity index (χ3v) is 4.91. The van der Waals surface area contributed by atoms with Gasteiger partial charge in [-0.3, -0.25) is 0 Å².